The molecule has 1 aromatic rings. The molecule has 6 N–H and O–H groups in total. The maximum atomic E-state index is 11.0. The highest BCUT2D eigenvalue weighted by atomic mass is 32.2. The summed E-state index contributed by atoms with van der Waals surface area (Å²) in [7, 11) is -3.77. The summed E-state index contributed by atoms with van der Waals surface area (Å²) in [4.78, 5) is 21.3. The lowest BCUT2D eigenvalue weighted by atomic mass is 10.3. The van der Waals surface area contributed by atoms with Crippen molar-refractivity contribution < 1.29 is 18.0 Å². The zero-order valence-corrected chi connectivity index (χ0v) is 9.32. The van der Waals surface area contributed by atoms with Gasteiger partial charge in [0.05, 0.1) is 4.90 Å². The van der Waals surface area contributed by atoms with E-state index in [1.165, 1.54) is 24.3 Å². The highest BCUT2D eigenvalue weighted by Gasteiger charge is 2.08. The van der Waals surface area contributed by atoms with Crippen LogP contribution in [-0.4, -0.2) is 20.5 Å². The number of rotatable bonds is 2. The molecule has 92 valence electrons. The lowest BCUT2D eigenvalue weighted by Crippen LogP contribution is -2.38. The maximum absolute atomic E-state index is 11.0. The number of nitrogens with one attached hydrogen (secondary N) is 2. The lowest BCUT2D eigenvalue weighted by Gasteiger charge is -2.05. The van der Waals surface area contributed by atoms with Crippen LogP contribution in [0.4, 0.5) is 15.3 Å². The fourth-order valence-electron chi connectivity index (χ4n) is 1.00. The number of sulfonamides is 1. The first-order valence-corrected chi connectivity index (χ1v) is 5.84. The molecule has 17 heavy (non-hydrogen) atoms. The summed E-state index contributed by atoms with van der Waals surface area (Å²) in [5.74, 6) is 0. The van der Waals surface area contributed by atoms with Crippen molar-refractivity contribution in [3.63, 3.8) is 0 Å². The Morgan fingerprint density at radius 1 is 1.12 bits per heavy atom. The second-order valence-electron chi connectivity index (χ2n) is 3.01. The summed E-state index contributed by atoms with van der Waals surface area (Å²) >= 11 is 0. The summed E-state index contributed by atoms with van der Waals surface area (Å²) in [6, 6.07) is 3.26. The van der Waals surface area contributed by atoms with Crippen molar-refractivity contribution in [1.29, 1.82) is 0 Å². The Labute approximate surface area is 97.0 Å². The molecule has 0 bridgehead atoms. The summed E-state index contributed by atoms with van der Waals surface area (Å²) in [5, 5.41) is 8.93. The number of benzene rings is 1. The number of carbonyl (C=O) groups excluding carboxylic acids is 2. The van der Waals surface area contributed by atoms with Gasteiger partial charge in [0.1, 0.15) is 0 Å². The van der Waals surface area contributed by atoms with Crippen molar-refractivity contribution in [3.8, 4) is 0 Å². The topological polar surface area (TPSA) is 144 Å². The molecule has 4 amide bonds. The first-order chi connectivity index (χ1) is 7.79. The minimum atomic E-state index is -3.77. The van der Waals surface area contributed by atoms with E-state index in [0.29, 0.717) is 0 Å². The standard InChI is InChI=1S/C8H10N4O4S/c9-7(13)12-8(14)11-5-1-3-6(4-2-5)17(10,15)16/h1-4H,(H2,10,15,16)(H4,9,11,12,13,14). The average Bonchev–Trinajstić information content (AvgIpc) is 2.15. The molecule has 0 spiro atoms. The van der Waals surface area contributed by atoms with Crippen LogP contribution in [0.15, 0.2) is 29.2 Å². The van der Waals surface area contributed by atoms with E-state index in [2.05, 4.69) is 5.32 Å². The summed E-state index contributed by atoms with van der Waals surface area (Å²) in [6.07, 6.45) is 0. The molecule has 0 aromatic heterocycles. The number of hydrogen-bond acceptors (Lipinski definition) is 4. The lowest BCUT2D eigenvalue weighted by molar-refractivity contribution is 0.238. The number of nitrogens with two attached hydrogens (primary N) is 2. The Hall–Kier alpha value is -2.13. The minimum absolute atomic E-state index is 0.0849. The van der Waals surface area contributed by atoms with Crippen LogP contribution in [0.1, 0.15) is 0 Å². The third kappa shape index (κ3) is 4.09. The molecule has 0 fully saturated rings. The zero-order chi connectivity index (χ0) is 13.1. The molecule has 0 aliphatic heterocycles. The molecule has 0 saturated heterocycles. The number of carbonyl (C=O) groups is 2. The van der Waals surface area contributed by atoms with Gasteiger partial charge in [0, 0.05) is 5.69 Å². The molecule has 0 aliphatic rings. The molecule has 0 unspecified atom stereocenters. The van der Waals surface area contributed by atoms with Gasteiger partial charge in [-0.25, -0.2) is 23.1 Å². The van der Waals surface area contributed by atoms with Crippen molar-refractivity contribution in [2.24, 2.45) is 10.9 Å². The molecule has 0 saturated carbocycles. The van der Waals surface area contributed by atoms with Crippen molar-refractivity contribution in [1.82, 2.24) is 5.32 Å². The number of anilines is 1. The normalized spacial score (nSPS) is 10.6. The van der Waals surface area contributed by atoms with E-state index in [0.717, 1.165) is 0 Å². The van der Waals surface area contributed by atoms with E-state index in [1.54, 1.807) is 5.32 Å². The molecular weight excluding hydrogens is 248 g/mol. The first-order valence-electron chi connectivity index (χ1n) is 4.29. The van der Waals surface area contributed by atoms with Crippen molar-refractivity contribution in [2.45, 2.75) is 4.90 Å². The van der Waals surface area contributed by atoms with Crippen LogP contribution in [0, 0.1) is 0 Å². The third-order valence-corrected chi connectivity index (χ3v) is 2.61. The quantitative estimate of drug-likeness (QED) is 0.568. The molecule has 0 radical (unpaired) electrons. The molecule has 1 rings (SSSR count). The van der Waals surface area contributed by atoms with Gasteiger partial charge in [-0.05, 0) is 24.3 Å². The fraction of sp³-hybridized carbons (Fsp3) is 0. The number of imide groups is 1. The van der Waals surface area contributed by atoms with Gasteiger partial charge in [-0.3, -0.25) is 5.32 Å². The Morgan fingerprint density at radius 3 is 2.06 bits per heavy atom. The van der Waals surface area contributed by atoms with Crippen LogP contribution in [0.5, 0.6) is 0 Å². The molecule has 1 aromatic carbocycles. The van der Waals surface area contributed by atoms with Crippen molar-refractivity contribution in [2.75, 3.05) is 5.32 Å². The van der Waals surface area contributed by atoms with E-state index >= 15 is 0 Å². The third-order valence-electron chi connectivity index (χ3n) is 1.68. The highest BCUT2D eigenvalue weighted by Crippen LogP contribution is 2.12. The molecule has 0 atom stereocenters. The molecular formula is C8H10N4O4S. The van der Waals surface area contributed by atoms with Crippen LogP contribution in [0.2, 0.25) is 0 Å². The van der Waals surface area contributed by atoms with E-state index < -0.39 is 22.1 Å². The summed E-state index contributed by atoms with van der Waals surface area (Å²) < 4.78 is 21.9. The van der Waals surface area contributed by atoms with E-state index in [1.807, 2.05) is 0 Å². The number of primary sulfonamides is 1. The molecule has 0 aliphatic carbocycles. The average molecular weight is 258 g/mol. The van der Waals surface area contributed by atoms with Crippen LogP contribution >= 0.6 is 0 Å². The highest BCUT2D eigenvalue weighted by molar-refractivity contribution is 7.89. The van der Waals surface area contributed by atoms with E-state index in [-0.39, 0.29) is 10.6 Å². The number of urea groups is 2. The molecule has 9 heteroatoms. The van der Waals surface area contributed by atoms with Gasteiger partial charge in [0.2, 0.25) is 10.0 Å². The van der Waals surface area contributed by atoms with Gasteiger partial charge in [-0.15, -0.1) is 0 Å². The Balaban J connectivity index is 2.76. The fourth-order valence-corrected chi connectivity index (χ4v) is 1.52. The summed E-state index contributed by atoms with van der Waals surface area (Å²) in [5.41, 5.74) is 5.01. The number of amides is 4. The second-order valence-corrected chi connectivity index (χ2v) is 4.57. The SMILES string of the molecule is NC(=O)NC(=O)Nc1ccc(S(N)(=O)=O)cc1. The van der Waals surface area contributed by atoms with Crippen molar-refractivity contribution >= 4 is 27.8 Å². The smallest absolute Gasteiger partial charge is 0.327 e. The van der Waals surface area contributed by atoms with Gasteiger partial charge in [-0.2, -0.15) is 0 Å². The van der Waals surface area contributed by atoms with Gasteiger partial charge in [-0.1, -0.05) is 0 Å². The Bertz CT molecular complexity index is 537. The van der Waals surface area contributed by atoms with Crippen LogP contribution in [0.25, 0.3) is 0 Å². The largest absolute Gasteiger partial charge is 0.351 e. The van der Waals surface area contributed by atoms with Gasteiger partial charge in [0.15, 0.2) is 0 Å². The van der Waals surface area contributed by atoms with Crippen LogP contribution in [-0.2, 0) is 10.0 Å². The zero-order valence-electron chi connectivity index (χ0n) is 8.51. The number of hydrogen-bond donors (Lipinski definition) is 4. The first kappa shape index (κ1) is 12.9. The Morgan fingerprint density at radius 2 is 1.65 bits per heavy atom. The summed E-state index contributed by atoms with van der Waals surface area (Å²) in [6.45, 7) is 0. The van der Waals surface area contributed by atoms with Crippen LogP contribution in [0.3, 0.4) is 0 Å². The van der Waals surface area contributed by atoms with Gasteiger partial charge >= 0.3 is 12.1 Å². The van der Waals surface area contributed by atoms with Gasteiger partial charge < -0.3 is 11.1 Å². The number of primary amides is 1. The van der Waals surface area contributed by atoms with Gasteiger partial charge in [0.25, 0.3) is 0 Å². The molecule has 0 heterocycles. The minimum Gasteiger partial charge on any atom is -0.351 e. The monoisotopic (exact) mass is 258 g/mol. The second kappa shape index (κ2) is 4.80. The predicted octanol–water partition coefficient (Wildman–Crippen LogP) is -0.466. The van der Waals surface area contributed by atoms with Crippen LogP contribution < -0.4 is 21.5 Å². The Kier molecular flexibility index (Phi) is 3.66. The van der Waals surface area contributed by atoms with E-state index in [4.69, 9.17) is 10.9 Å². The maximum Gasteiger partial charge on any atom is 0.327 e. The molecule has 8 nitrogen and oxygen atoms in total. The predicted molar refractivity (Wildman–Crippen MR) is 59.6 cm³/mol. The van der Waals surface area contributed by atoms with E-state index in [9.17, 15) is 18.0 Å². The van der Waals surface area contributed by atoms with Crippen molar-refractivity contribution in [3.05, 3.63) is 24.3 Å².